The van der Waals surface area contributed by atoms with E-state index in [-0.39, 0.29) is 0 Å². The zero-order valence-electron chi connectivity index (χ0n) is 30.6. The average molecular weight is 728 g/mol. The first-order chi connectivity index (χ1) is 27.1. The fraction of sp³-hybridized carbons (Fsp3) is 0.100. The number of allylic oxidation sites excluding steroid dienone is 2. The lowest BCUT2D eigenvalue weighted by Crippen LogP contribution is -2.25. The molecule has 55 heavy (non-hydrogen) atoms. The molecular weight excluding hydrogens is 691 g/mol. The lowest BCUT2D eigenvalue weighted by molar-refractivity contribution is 0.515. The summed E-state index contributed by atoms with van der Waals surface area (Å²) in [5.41, 5.74) is 11.7. The van der Waals surface area contributed by atoms with Crippen LogP contribution in [0.4, 0.5) is 5.69 Å². The summed E-state index contributed by atoms with van der Waals surface area (Å²) < 4.78 is 11.9. The number of aliphatic imine (C=N–C) groups is 1. The number of anilines is 1. The molecule has 0 fully saturated rings. The van der Waals surface area contributed by atoms with Gasteiger partial charge in [0.2, 0.25) is 6.29 Å². The van der Waals surface area contributed by atoms with Gasteiger partial charge in [-0.1, -0.05) is 117 Å². The van der Waals surface area contributed by atoms with Gasteiger partial charge in [0, 0.05) is 65.5 Å². The van der Waals surface area contributed by atoms with Crippen molar-refractivity contribution in [1.82, 2.24) is 4.57 Å². The van der Waals surface area contributed by atoms with E-state index >= 15 is 0 Å². The molecule has 0 saturated heterocycles. The molecule has 0 radical (unpaired) electrons. The summed E-state index contributed by atoms with van der Waals surface area (Å²) in [6.45, 7) is 8.77. The number of hydrogen-bond acceptors (Lipinski definition) is 4. The highest BCUT2D eigenvalue weighted by molar-refractivity contribution is 7.25. The van der Waals surface area contributed by atoms with Crippen LogP contribution in [0.2, 0.25) is 0 Å². The summed E-state index contributed by atoms with van der Waals surface area (Å²) >= 11 is 1.85. The number of nitrogens with zero attached hydrogens (tertiary/aromatic N) is 2. The quantitative estimate of drug-likeness (QED) is 0.192. The average Bonchev–Trinajstić information content (AvgIpc) is 3.88. The second-order valence-corrected chi connectivity index (χ2v) is 15.9. The van der Waals surface area contributed by atoms with E-state index in [1.54, 1.807) is 0 Å². The molecule has 11 rings (SSSR count). The van der Waals surface area contributed by atoms with Crippen molar-refractivity contribution in [3.8, 4) is 11.1 Å². The van der Waals surface area contributed by atoms with Crippen molar-refractivity contribution >= 4 is 93.8 Å². The Balaban J connectivity index is 1.25. The third kappa shape index (κ3) is 4.86. The van der Waals surface area contributed by atoms with E-state index in [0.29, 0.717) is 5.92 Å². The van der Waals surface area contributed by atoms with Gasteiger partial charge in [-0.2, -0.15) is 0 Å². The maximum absolute atomic E-state index is 6.97. The first-order valence-corrected chi connectivity index (χ1v) is 19.8. The molecule has 4 heterocycles. The Hall–Kier alpha value is -6.43. The summed E-state index contributed by atoms with van der Waals surface area (Å²) in [6.07, 6.45) is 11.3. The summed E-state index contributed by atoms with van der Waals surface area (Å²) in [4.78, 5) is 5.63. The molecule has 6 aromatic carbocycles. The summed E-state index contributed by atoms with van der Waals surface area (Å²) in [5, 5.41) is 11.0. The molecule has 264 valence electrons. The number of fused-ring (bicyclic) bond motifs is 10. The van der Waals surface area contributed by atoms with Crippen LogP contribution in [-0.4, -0.2) is 10.3 Å². The van der Waals surface area contributed by atoms with Gasteiger partial charge in [0.25, 0.3) is 0 Å². The van der Waals surface area contributed by atoms with Crippen LogP contribution in [0.15, 0.2) is 143 Å². The van der Waals surface area contributed by atoms with Gasteiger partial charge in [-0.05, 0) is 71.7 Å². The number of nitrogens with one attached hydrogen (secondary N) is 1. The molecule has 3 aromatic heterocycles. The van der Waals surface area contributed by atoms with Crippen molar-refractivity contribution in [3.05, 3.63) is 168 Å². The molecule has 2 aliphatic rings. The summed E-state index contributed by atoms with van der Waals surface area (Å²) in [6, 6.07) is 41.7. The van der Waals surface area contributed by atoms with Gasteiger partial charge in [-0.15, -0.1) is 11.3 Å². The highest BCUT2D eigenvalue weighted by atomic mass is 32.1. The zero-order valence-corrected chi connectivity index (χ0v) is 31.5. The molecule has 0 bridgehead atoms. The van der Waals surface area contributed by atoms with Gasteiger partial charge in [-0.25, -0.2) is 4.99 Å². The van der Waals surface area contributed by atoms with Gasteiger partial charge in [-0.3, -0.25) is 0 Å². The molecule has 1 N–H and O–H groups in total. The van der Waals surface area contributed by atoms with Crippen LogP contribution in [0, 0.1) is 5.92 Å². The third-order valence-corrected chi connectivity index (χ3v) is 12.6. The molecular formula is C50H37N3OS. The van der Waals surface area contributed by atoms with Crippen molar-refractivity contribution in [1.29, 1.82) is 0 Å². The zero-order chi connectivity index (χ0) is 36.8. The van der Waals surface area contributed by atoms with E-state index in [4.69, 9.17) is 9.41 Å². The van der Waals surface area contributed by atoms with E-state index in [2.05, 4.69) is 170 Å². The van der Waals surface area contributed by atoms with Crippen LogP contribution in [0.3, 0.4) is 0 Å². The number of aromatic nitrogens is 1. The van der Waals surface area contributed by atoms with Crippen molar-refractivity contribution in [2.75, 3.05) is 5.32 Å². The summed E-state index contributed by atoms with van der Waals surface area (Å²) in [5.74, 6) is 1.46. The van der Waals surface area contributed by atoms with Crippen molar-refractivity contribution < 1.29 is 4.42 Å². The molecule has 0 amide bonds. The molecule has 1 aliphatic carbocycles. The number of rotatable bonds is 5. The van der Waals surface area contributed by atoms with Gasteiger partial charge >= 0.3 is 0 Å². The SMILES string of the molecule is C=Cc1c(/C=C\C)c2c3oc4c(c3cc(-c3ccc5sc6ccccc6c5c3)c2n1C1N=C(c2ccc3ccccc3c2)c2ccccc2N1)C=CC(C)C4. The van der Waals surface area contributed by atoms with Crippen LogP contribution in [0.25, 0.3) is 82.2 Å². The molecule has 5 heteroatoms. The second kappa shape index (κ2) is 12.3. The second-order valence-electron chi connectivity index (χ2n) is 14.8. The molecule has 1 aliphatic heterocycles. The molecule has 2 unspecified atom stereocenters. The standard InChI is InChI=1S/C50H37N3OS/c1-4-12-37-42(5-2)53(50-51-41-17-10-8-16-36(41)47(52-50)33-21-20-30-13-6-7-14-31(30)26-33)48-38(28-40-34-23-19-29(3)25-43(34)54-49(40)46(37)48)32-22-24-45-39(27-32)35-15-9-11-18-44(35)55-45/h4-24,26-29,50-51H,2,25H2,1,3H3/b12-4-. The normalized spacial score (nSPS) is 16.7. The highest BCUT2D eigenvalue weighted by Crippen LogP contribution is 2.48. The third-order valence-electron chi connectivity index (χ3n) is 11.4. The Morgan fingerprint density at radius 1 is 0.818 bits per heavy atom. The Morgan fingerprint density at radius 3 is 2.51 bits per heavy atom. The summed E-state index contributed by atoms with van der Waals surface area (Å²) in [7, 11) is 0. The van der Waals surface area contributed by atoms with Crippen LogP contribution < -0.4 is 5.32 Å². The van der Waals surface area contributed by atoms with Crippen molar-refractivity contribution in [2.24, 2.45) is 10.9 Å². The van der Waals surface area contributed by atoms with Crippen molar-refractivity contribution in [2.45, 2.75) is 26.6 Å². The minimum Gasteiger partial charge on any atom is -0.460 e. The van der Waals surface area contributed by atoms with Gasteiger partial charge in [0.05, 0.1) is 22.3 Å². The minimum atomic E-state index is -0.475. The molecule has 0 spiro atoms. The Kier molecular flexibility index (Phi) is 7.17. The monoisotopic (exact) mass is 727 g/mol. The van der Waals surface area contributed by atoms with E-state index in [1.165, 1.54) is 36.5 Å². The Bertz CT molecular complexity index is 3170. The van der Waals surface area contributed by atoms with Gasteiger partial charge in [0.1, 0.15) is 11.3 Å². The fourth-order valence-corrected chi connectivity index (χ4v) is 9.99. The van der Waals surface area contributed by atoms with Crippen LogP contribution in [0.1, 0.15) is 53.8 Å². The number of hydrogen-bond donors (Lipinski definition) is 1. The molecule has 4 nitrogen and oxygen atoms in total. The van der Waals surface area contributed by atoms with Crippen LogP contribution >= 0.6 is 11.3 Å². The number of para-hydroxylation sites is 1. The lowest BCUT2D eigenvalue weighted by Gasteiger charge is -2.29. The van der Waals surface area contributed by atoms with Gasteiger partial charge in [0.15, 0.2) is 0 Å². The molecule has 2 atom stereocenters. The Morgan fingerprint density at radius 2 is 1.62 bits per heavy atom. The lowest BCUT2D eigenvalue weighted by atomic mass is 9.92. The maximum Gasteiger partial charge on any atom is 0.201 e. The largest absolute Gasteiger partial charge is 0.460 e. The molecule has 9 aromatic rings. The van der Waals surface area contributed by atoms with E-state index < -0.39 is 6.29 Å². The van der Waals surface area contributed by atoms with E-state index in [9.17, 15) is 0 Å². The highest BCUT2D eigenvalue weighted by Gasteiger charge is 2.31. The predicted molar refractivity (Wildman–Crippen MR) is 235 cm³/mol. The first kappa shape index (κ1) is 32.0. The van der Waals surface area contributed by atoms with Crippen molar-refractivity contribution in [3.63, 3.8) is 0 Å². The first-order valence-electron chi connectivity index (χ1n) is 19.0. The van der Waals surface area contributed by atoms with Crippen LogP contribution in [-0.2, 0) is 6.42 Å². The topological polar surface area (TPSA) is 42.5 Å². The Labute approximate surface area is 323 Å². The van der Waals surface area contributed by atoms with E-state index in [1.807, 2.05) is 17.4 Å². The number of thiophene rings is 1. The fourth-order valence-electron chi connectivity index (χ4n) is 8.90. The number of benzene rings is 6. The smallest absolute Gasteiger partial charge is 0.201 e. The molecule has 0 saturated carbocycles. The van der Waals surface area contributed by atoms with E-state index in [0.717, 1.165) is 79.0 Å². The number of furan rings is 1. The maximum atomic E-state index is 6.97. The van der Waals surface area contributed by atoms with Crippen LogP contribution in [0.5, 0.6) is 0 Å². The predicted octanol–water partition coefficient (Wildman–Crippen LogP) is 13.9. The van der Waals surface area contributed by atoms with Gasteiger partial charge < -0.3 is 14.3 Å². The minimum absolute atomic E-state index is 0.412.